The van der Waals surface area contributed by atoms with Gasteiger partial charge in [-0.2, -0.15) is 0 Å². The second-order valence-electron chi connectivity index (χ2n) is 22.4. The number of pyridine rings is 1. The number of anilines is 6. The van der Waals surface area contributed by atoms with Gasteiger partial charge in [0, 0.05) is 65.8 Å². The molecule has 0 atom stereocenters. The molecule has 0 N–H and O–H groups in total. The SMILES string of the molecule is CC(C)(C)c1cc(N(c2ccccc2)c2ccccc2)c2c(c1)c1c3ccccc3cc3c4c5c6cc7ccccc7c7c8cc(C(C)(C)C)cc(N(c9ccccc9)c9ccccc9)c8n(c5ncc4n2c31)c67. The van der Waals surface area contributed by atoms with Gasteiger partial charge in [0.05, 0.1) is 45.2 Å². The normalized spacial score (nSPS) is 12.7. The lowest BCUT2D eigenvalue weighted by molar-refractivity contribution is 0.591. The first kappa shape index (κ1) is 42.7. The van der Waals surface area contributed by atoms with Crippen LogP contribution in [0.5, 0.6) is 0 Å². The maximum atomic E-state index is 5.78. The Hall–Kier alpha value is -8.93. The van der Waals surface area contributed by atoms with E-state index in [9.17, 15) is 0 Å². The van der Waals surface area contributed by atoms with Crippen LogP contribution in [-0.4, -0.2) is 13.8 Å². The lowest BCUT2D eigenvalue weighted by Crippen LogP contribution is -2.15. The highest BCUT2D eigenvalue weighted by Gasteiger charge is 2.32. The van der Waals surface area contributed by atoms with E-state index in [1.54, 1.807) is 0 Å². The van der Waals surface area contributed by atoms with Gasteiger partial charge in [0.1, 0.15) is 5.65 Å². The smallest absolute Gasteiger partial charge is 0.146 e. The van der Waals surface area contributed by atoms with E-state index in [1.165, 1.54) is 92.3 Å². The van der Waals surface area contributed by atoms with Gasteiger partial charge in [0.25, 0.3) is 0 Å². The fourth-order valence-corrected chi connectivity index (χ4v) is 12.6. The molecule has 0 fully saturated rings. The Labute approximate surface area is 429 Å². The zero-order valence-electron chi connectivity index (χ0n) is 42.4. The minimum atomic E-state index is -0.133. The summed E-state index contributed by atoms with van der Waals surface area (Å²) in [6, 6.07) is 76.2. The van der Waals surface area contributed by atoms with Crippen molar-refractivity contribution in [2.24, 2.45) is 0 Å². The number of para-hydroxylation sites is 4. The van der Waals surface area contributed by atoms with Gasteiger partial charge in [0.15, 0.2) is 0 Å². The van der Waals surface area contributed by atoms with E-state index in [1.807, 2.05) is 0 Å². The van der Waals surface area contributed by atoms with Crippen molar-refractivity contribution in [2.75, 3.05) is 9.80 Å². The summed E-state index contributed by atoms with van der Waals surface area (Å²) in [7, 11) is 0. The summed E-state index contributed by atoms with van der Waals surface area (Å²) in [5, 5.41) is 14.8. The molecule has 74 heavy (non-hydrogen) atoms. The Morgan fingerprint density at radius 1 is 0.338 bits per heavy atom. The van der Waals surface area contributed by atoms with E-state index in [2.05, 4.69) is 273 Å². The van der Waals surface area contributed by atoms with E-state index in [0.717, 1.165) is 50.8 Å². The van der Waals surface area contributed by atoms with Crippen molar-refractivity contribution in [1.29, 1.82) is 0 Å². The first-order valence-electron chi connectivity index (χ1n) is 26.0. The third-order valence-corrected chi connectivity index (χ3v) is 16.0. The highest BCUT2D eigenvalue weighted by atomic mass is 15.2. The molecule has 0 amide bonds. The van der Waals surface area contributed by atoms with Gasteiger partial charge < -0.3 is 14.2 Å². The Kier molecular flexibility index (Phi) is 8.83. The van der Waals surface area contributed by atoms with Crippen LogP contribution in [-0.2, 0) is 10.8 Å². The standard InChI is InChI=1S/C69H53N5/c1-68(2,3)44-37-54-59-50-33-21-19-23-42(50)35-52-61-58(73(65(52)59)63(54)56(39-44)71(46-25-11-7-12-26-46)47-27-13-8-14-28-47)41-70-67-62(61)53-36-43-24-20-22-34-51(43)60-55-38-45(69(4,5)6)40-57(64(55)74(67)66(53)60)72(48-29-15-9-16-30-48)49-31-17-10-18-32-49/h7-41H,1-6H3. The van der Waals surface area contributed by atoms with Crippen molar-refractivity contribution in [3.8, 4) is 0 Å². The van der Waals surface area contributed by atoms with Crippen molar-refractivity contribution in [1.82, 2.24) is 13.8 Å². The van der Waals surface area contributed by atoms with Gasteiger partial charge in [-0.25, -0.2) is 4.98 Å². The van der Waals surface area contributed by atoms with Crippen LogP contribution >= 0.6 is 0 Å². The molecule has 0 aliphatic rings. The van der Waals surface area contributed by atoms with Crippen LogP contribution in [0.3, 0.4) is 0 Å². The summed E-state index contributed by atoms with van der Waals surface area (Å²) in [5.74, 6) is 0. The van der Waals surface area contributed by atoms with Gasteiger partial charge in [-0.1, -0.05) is 163 Å². The number of benzene rings is 10. The molecular formula is C69H53N5. The van der Waals surface area contributed by atoms with Crippen LogP contribution in [0, 0.1) is 0 Å². The third kappa shape index (κ3) is 5.95. The largest absolute Gasteiger partial charge is 0.308 e. The van der Waals surface area contributed by atoms with E-state index >= 15 is 0 Å². The van der Waals surface area contributed by atoms with Crippen molar-refractivity contribution in [2.45, 2.75) is 52.4 Å². The summed E-state index contributed by atoms with van der Waals surface area (Å²) < 4.78 is 5.10. The van der Waals surface area contributed by atoms with E-state index < -0.39 is 0 Å². The molecule has 5 aromatic heterocycles. The number of fused-ring (bicyclic) bond motifs is 17. The molecule has 0 unspecified atom stereocenters. The Morgan fingerprint density at radius 3 is 1.14 bits per heavy atom. The predicted molar refractivity (Wildman–Crippen MR) is 315 cm³/mol. The maximum absolute atomic E-state index is 5.78. The Morgan fingerprint density at radius 2 is 0.703 bits per heavy atom. The predicted octanol–water partition coefficient (Wildman–Crippen LogP) is 19.2. The van der Waals surface area contributed by atoms with Crippen LogP contribution in [0.4, 0.5) is 34.1 Å². The molecule has 354 valence electrons. The Bertz CT molecular complexity index is 4330. The first-order valence-corrected chi connectivity index (χ1v) is 26.0. The quantitative estimate of drug-likeness (QED) is 0.166. The lowest BCUT2D eigenvalue weighted by atomic mass is 9.85. The van der Waals surface area contributed by atoms with Crippen molar-refractivity contribution < 1.29 is 0 Å². The average molecular weight is 952 g/mol. The minimum Gasteiger partial charge on any atom is -0.308 e. The summed E-state index contributed by atoms with van der Waals surface area (Å²) in [6.45, 7) is 14.0. The van der Waals surface area contributed by atoms with Crippen LogP contribution < -0.4 is 9.80 Å². The zero-order chi connectivity index (χ0) is 49.8. The van der Waals surface area contributed by atoms with E-state index in [0.29, 0.717) is 0 Å². The minimum absolute atomic E-state index is 0.130. The molecule has 0 saturated heterocycles. The average Bonchev–Trinajstić information content (AvgIpc) is 4.16. The second-order valence-corrected chi connectivity index (χ2v) is 22.4. The van der Waals surface area contributed by atoms with Crippen LogP contribution in [0.2, 0.25) is 0 Å². The lowest BCUT2D eigenvalue weighted by Gasteiger charge is -2.29. The van der Waals surface area contributed by atoms with Gasteiger partial charge in [-0.05, 0) is 128 Å². The summed E-state index contributed by atoms with van der Waals surface area (Å²) in [4.78, 5) is 10.7. The fourth-order valence-electron chi connectivity index (χ4n) is 12.6. The molecule has 0 radical (unpaired) electrons. The third-order valence-electron chi connectivity index (χ3n) is 16.0. The molecule has 0 bridgehead atoms. The maximum Gasteiger partial charge on any atom is 0.146 e. The van der Waals surface area contributed by atoms with Crippen molar-refractivity contribution in [3.05, 3.63) is 224 Å². The van der Waals surface area contributed by atoms with Crippen molar-refractivity contribution in [3.63, 3.8) is 0 Å². The van der Waals surface area contributed by atoms with E-state index in [-0.39, 0.29) is 10.8 Å². The topological polar surface area (TPSA) is 28.2 Å². The van der Waals surface area contributed by atoms with Gasteiger partial charge in [-0.3, -0.25) is 4.40 Å². The molecule has 0 aliphatic carbocycles. The molecule has 15 aromatic rings. The van der Waals surface area contributed by atoms with Crippen LogP contribution in [0.15, 0.2) is 212 Å². The molecule has 10 aromatic carbocycles. The summed E-state index contributed by atoms with van der Waals surface area (Å²) in [6.07, 6.45) is 2.19. The summed E-state index contributed by atoms with van der Waals surface area (Å²) >= 11 is 0. The van der Waals surface area contributed by atoms with Crippen LogP contribution in [0.1, 0.15) is 52.7 Å². The first-order chi connectivity index (χ1) is 36.0. The second kappa shape index (κ2) is 15.3. The zero-order valence-corrected chi connectivity index (χ0v) is 42.4. The molecule has 0 aliphatic heterocycles. The molecule has 5 heteroatoms. The summed E-state index contributed by atoms with van der Waals surface area (Å²) in [5.41, 5.74) is 15.8. The van der Waals surface area contributed by atoms with Gasteiger partial charge >= 0.3 is 0 Å². The number of hydrogen-bond acceptors (Lipinski definition) is 3. The number of nitrogens with zero attached hydrogens (tertiary/aromatic N) is 5. The highest BCUT2D eigenvalue weighted by Crippen LogP contribution is 2.54. The van der Waals surface area contributed by atoms with Gasteiger partial charge in [-0.15, -0.1) is 0 Å². The van der Waals surface area contributed by atoms with Gasteiger partial charge in [0.2, 0.25) is 0 Å². The number of rotatable bonds is 6. The monoisotopic (exact) mass is 951 g/mol. The molecular weight excluding hydrogens is 899 g/mol. The molecule has 15 rings (SSSR count). The molecule has 0 saturated carbocycles. The molecule has 5 heterocycles. The molecule has 5 nitrogen and oxygen atoms in total. The Balaban J connectivity index is 1.18. The molecule has 0 spiro atoms. The van der Waals surface area contributed by atoms with E-state index in [4.69, 9.17) is 4.98 Å². The number of aromatic nitrogens is 3. The van der Waals surface area contributed by atoms with Crippen molar-refractivity contribution >= 4 is 132 Å². The van der Waals surface area contributed by atoms with Crippen LogP contribution in [0.25, 0.3) is 97.9 Å². The highest BCUT2D eigenvalue weighted by molar-refractivity contribution is 6.40. The fraction of sp³-hybridized carbons (Fsp3) is 0.116. The number of hydrogen-bond donors (Lipinski definition) is 0.